The number of carbonyl (C=O) groups excluding carboxylic acids is 1. The van der Waals surface area contributed by atoms with Crippen LogP contribution in [0.3, 0.4) is 0 Å². The van der Waals surface area contributed by atoms with Crippen LogP contribution in [0.25, 0.3) is 10.9 Å². The molecule has 0 saturated heterocycles. The van der Waals surface area contributed by atoms with Crippen molar-refractivity contribution >= 4 is 32.3 Å². The number of H-pyrrole nitrogens is 1. The maximum Gasteiger partial charge on any atom is 0.255 e. The van der Waals surface area contributed by atoms with Gasteiger partial charge in [0, 0.05) is 22.9 Å². The number of carbonyl (C=O) groups is 1. The minimum absolute atomic E-state index is 0.0262. The summed E-state index contributed by atoms with van der Waals surface area (Å²) >= 11 is 0. The molecule has 24 heavy (non-hydrogen) atoms. The second-order valence-corrected chi connectivity index (χ2v) is 7.25. The molecule has 8 heteroatoms. The largest absolute Gasteiger partial charge is 0.495 e. The summed E-state index contributed by atoms with van der Waals surface area (Å²) in [5, 5.41) is 10.4. The third kappa shape index (κ3) is 3.09. The predicted molar refractivity (Wildman–Crippen MR) is 90.2 cm³/mol. The standard InChI is InChI=1S/C16H15N3O4S/c1-23-14-6-4-10(7-15(14)24(2,21)22)16(20)18-12-5-3-11-9-17-19-13(11)8-12/h3-9H,1-2H3,(H,17,19)(H,18,20). The highest BCUT2D eigenvalue weighted by Crippen LogP contribution is 2.25. The highest BCUT2D eigenvalue weighted by molar-refractivity contribution is 7.90. The van der Waals surface area contributed by atoms with E-state index in [2.05, 4.69) is 15.5 Å². The van der Waals surface area contributed by atoms with Crippen molar-refractivity contribution in [2.24, 2.45) is 0 Å². The zero-order valence-corrected chi connectivity index (χ0v) is 13.8. The first-order chi connectivity index (χ1) is 11.4. The molecule has 0 saturated carbocycles. The van der Waals surface area contributed by atoms with E-state index in [0.717, 1.165) is 17.2 Å². The van der Waals surface area contributed by atoms with Crippen molar-refractivity contribution in [2.45, 2.75) is 4.90 Å². The van der Waals surface area contributed by atoms with Crippen LogP contribution in [-0.2, 0) is 9.84 Å². The Hall–Kier alpha value is -2.87. The lowest BCUT2D eigenvalue weighted by molar-refractivity contribution is 0.102. The lowest BCUT2D eigenvalue weighted by Gasteiger charge is -2.10. The van der Waals surface area contributed by atoms with E-state index in [9.17, 15) is 13.2 Å². The molecule has 2 N–H and O–H groups in total. The fourth-order valence-electron chi connectivity index (χ4n) is 2.33. The van der Waals surface area contributed by atoms with Gasteiger partial charge in [0.2, 0.25) is 0 Å². The van der Waals surface area contributed by atoms with Crippen molar-refractivity contribution in [3.05, 3.63) is 48.2 Å². The number of aromatic nitrogens is 2. The van der Waals surface area contributed by atoms with E-state index in [4.69, 9.17) is 4.74 Å². The van der Waals surface area contributed by atoms with Crippen LogP contribution >= 0.6 is 0 Å². The van der Waals surface area contributed by atoms with Gasteiger partial charge in [-0.2, -0.15) is 5.10 Å². The molecule has 1 amide bonds. The van der Waals surface area contributed by atoms with Crippen molar-refractivity contribution in [1.29, 1.82) is 0 Å². The van der Waals surface area contributed by atoms with E-state index in [0.29, 0.717) is 5.69 Å². The smallest absolute Gasteiger partial charge is 0.255 e. The molecule has 0 aliphatic rings. The monoisotopic (exact) mass is 345 g/mol. The van der Waals surface area contributed by atoms with Crippen LogP contribution in [0.2, 0.25) is 0 Å². The second kappa shape index (κ2) is 5.97. The van der Waals surface area contributed by atoms with Crippen molar-refractivity contribution in [1.82, 2.24) is 10.2 Å². The summed E-state index contributed by atoms with van der Waals surface area (Å²) in [5.74, 6) is -0.214. The zero-order chi connectivity index (χ0) is 17.3. The van der Waals surface area contributed by atoms with Crippen LogP contribution in [0.15, 0.2) is 47.5 Å². The lowest BCUT2D eigenvalue weighted by Crippen LogP contribution is -2.13. The molecule has 1 heterocycles. The molecule has 0 radical (unpaired) electrons. The molecule has 124 valence electrons. The number of sulfone groups is 1. The highest BCUT2D eigenvalue weighted by Gasteiger charge is 2.17. The maximum absolute atomic E-state index is 12.4. The minimum Gasteiger partial charge on any atom is -0.495 e. The second-order valence-electron chi connectivity index (χ2n) is 5.26. The molecular weight excluding hydrogens is 330 g/mol. The fraction of sp³-hybridized carbons (Fsp3) is 0.125. The maximum atomic E-state index is 12.4. The number of rotatable bonds is 4. The van der Waals surface area contributed by atoms with Gasteiger partial charge in [-0.1, -0.05) is 0 Å². The fourth-order valence-corrected chi connectivity index (χ4v) is 3.18. The zero-order valence-electron chi connectivity index (χ0n) is 13.0. The number of hydrogen-bond donors (Lipinski definition) is 2. The van der Waals surface area contributed by atoms with Gasteiger partial charge in [-0.05, 0) is 36.4 Å². The van der Waals surface area contributed by atoms with Crippen molar-refractivity contribution in [3.8, 4) is 5.75 Å². The van der Waals surface area contributed by atoms with Crippen LogP contribution in [0.4, 0.5) is 5.69 Å². The van der Waals surface area contributed by atoms with Crippen molar-refractivity contribution in [3.63, 3.8) is 0 Å². The van der Waals surface area contributed by atoms with Gasteiger partial charge in [0.05, 0.1) is 18.8 Å². The lowest BCUT2D eigenvalue weighted by atomic mass is 10.2. The number of fused-ring (bicyclic) bond motifs is 1. The van der Waals surface area contributed by atoms with Gasteiger partial charge in [0.25, 0.3) is 5.91 Å². The Morgan fingerprint density at radius 2 is 2.00 bits per heavy atom. The number of aromatic amines is 1. The molecule has 0 bridgehead atoms. The normalized spacial score (nSPS) is 11.4. The molecular formula is C16H15N3O4S. The molecule has 0 aliphatic carbocycles. The van der Waals surface area contributed by atoms with E-state index in [1.807, 2.05) is 6.07 Å². The topological polar surface area (TPSA) is 101 Å². The van der Waals surface area contributed by atoms with Crippen LogP contribution in [-0.4, -0.2) is 37.9 Å². The van der Waals surface area contributed by atoms with Gasteiger partial charge in [0.1, 0.15) is 10.6 Å². The summed E-state index contributed by atoms with van der Waals surface area (Å²) < 4.78 is 28.7. The number of benzene rings is 2. The molecule has 0 spiro atoms. The summed E-state index contributed by atoms with van der Waals surface area (Å²) in [6.07, 6.45) is 2.75. The highest BCUT2D eigenvalue weighted by atomic mass is 32.2. The molecule has 3 aromatic rings. The van der Waals surface area contributed by atoms with E-state index < -0.39 is 15.7 Å². The quantitative estimate of drug-likeness (QED) is 0.755. The Bertz CT molecular complexity index is 1020. The molecule has 7 nitrogen and oxygen atoms in total. The molecule has 0 fully saturated rings. The van der Waals surface area contributed by atoms with Gasteiger partial charge in [-0.25, -0.2) is 8.42 Å². The van der Waals surface area contributed by atoms with Crippen LogP contribution in [0.1, 0.15) is 10.4 Å². The first kappa shape index (κ1) is 16.0. The van der Waals surface area contributed by atoms with Gasteiger partial charge in [-0.3, -0.25) is 9.89 Å². The Morgan fingerprint density at radius 1 is 1.21 bits per heavy atom. The Labute approximate surface area is 138 Å². The molecule has 2 aromatic carbocycles. The van der Waals surface area contributed by atoms with Gasteiger partial charge in [0.15, 0.2) is 9.84 Å². The number of hydrogen-bond acceptors (Lipinski definition) is 5. The first-order valence-corrected chi connectivity index (χ1v) is 8.90. The summed E-state index contributed by atoms with van der Waals surface area (Å²) in [7, 11) is -2.14. The van der Waals surface area contributed by atoms with Gasteiger partial charge >= 0.3 is 0 Å². The van der Waals surface area contributed by atoms with Crippen molar-refractivity contribution in [2.75, 3.05) is 18.7 Å². The Kier molecular flexibility index (Phi) is 3.98. The van der Waals surface area contributed by atoms with Crippen LogP contribution in [0, 0.1) is 0 Å². The third-order valence-electron chi connectivity index (χ3n) is 3.53. The average Bonchev–Trinajstić information content (AvgIpc) is 3.01. The molecule has 0 unspecified atom stereocenters. The summed E-state index contributed by atoms with van der Waals surface area (Å²) in [5.41, 5.74) is 1.59. The number of methoxy groups -OCH3 is 1. The number of amides is 1. The Balaban J connectivity index is 1.92. The molecule has 0 aliphatic heterocycles. The third-order valence-corrected chi connectivity index (χ3v) is 4.64. The van der Waals surface area contributed by atoms with E-state index in [1.165, 1.54) is 25.3 Å². The van der Waals surface area contributed by atoms with Crippen LogP contribution in [0.5, 0.6) is 5.75 Å². The number of nitrogens with one attached hydrogen (secondary N) is 2. The number of nitrogens with zero attached hydrogens (tertiary/aromatic N) is 1. The number of anilines is 1. The average molecular weight is 345 g/mol. The van der Waals surface area contributed by atoms with E-state index in [1.54, 1.807) is 18.3 Å². The summed E-state index contributed by atoms with van der Waals surface area (Å²) in [6, 6.07) is 9.60. The predicted octanol–water partition coefficient (Wildman–Crippen LogP) is 2.23. The van der Waals surface area contributed by atoms with Crippen LogP contribution < -0.4 is 10.1 Å². The minimum atomic E-state index is -3.51. The van der Waals surface area contributed by atoms with Gasteiger partial charge < -0.3 is 10.1 Å². The van der Waals surface area contributed by atoms with E-state index in [-0.39, 0.29) is 16.2 Å². The molecule has 0 atom stereocenters. The summed E-state index contributed by atoms with van der Waals surface area (Å²) in [6.45, 7) is 0. The molecule has 3 rings (SSSR count). The first-order valence-electron chi connectivity index (χ1n) is 7.01. The summed E-state index contributed by atoms with van der Waals surface area (Å²) in [4.78, 5) is 12.4. The molecule has 1 aromatic heterocycles. The van der Waals surface area contributed by atoms with E-state index >= 15 is 0 Å². The van der Waals surface area contributed by atoms with Crippen molar-refractivity contribution < 1.29 is 17.9 Å². The number of ether oxygens (including phenoxy) is 1. The Morgan fingerprint density at radius 3 is 2.71 bits per heavy atom. The SMILES string of the molecule is COc1ccc(C(=O)Nc2ccc3cn[nH]c3c2)cc1S(C)(=O)=O. The van der Waals surface area contributed by atoms with Gasteiger partial charge in [-0.15, -0.1) is 0 Å².